The van der Waals surface area contributed by atoms with Gasteiger partial charge in [-0.2, -0.15) is 5.10 Å². The van der Waals surface area contributed by atoms with Gasteiger partial charge in [-0.05, 0) is 36.8 Å². The number of aryl methyl sites for hydroxylation is 1. The average Bonchev–Trinajstić information content (AvgIpc) is 2.79. The van der Waals surface area contributed by atoms with Crippen LogP contribution in [0.25, 0.3) is 10.9 Å². The van der Waals surface area contributed by atoms with Crippen LogP contribution >= 0.6 is 0 Å². The lowest BCUT2D eigenvalue weighted by atomic mass is 10.1. The summed E-state index contributed by atoms with van der Waals surface area (Å²) in [5.41, 5.74) is 9.82. The molecule has 0 aliphatic heterocycles. The first-order valence-electron chi connectivity index (χ1n) is 5.86. The quantitative estimate of drug-likeness (QED) is 0.697. The maximum absolute atomic E-state index is 5.96. The van der Waals surface area contributed by atoms with E-state index in [1.807, 2.05) is 48.1 Å². The molecule has 0 spiro atoms. The molecule has 1 aromatic carbocycles. The highest BCUT2D eigenvalue weighted by Crippen LogP contribution is 2.23. The van der Waals surface area contributed by atoms with Crippen molar-refractivity contribution in [3.05, 3.63) is 54.0 Å². The number of nitrogen functional groups attached to an aromatic ring is 1. The number of rotatable bonds is 2. The van der Waals surface area contributed by atoms with Crippen LogP contribution in [0, 0.1) is 6.92 Å². The Balaban J connectivity index is 2.09. The summed E-state index contributed by atoms with van der Waals surface area (Å²) in [6, 6.07) is 9.83. The van der Waals surface area contributed by atoms with E-state index in [0.717, 1.165) is 27.8 Å². The van der Waals surface area contributed by atoms with Crippen molar-refractivity contribution in [1.29, 1.82) is 0 Å². The SMILES string of the molecule is Cc1ccn(Cc2ccc(N)c3cccnc23)n1. The van der Waals surface area contributed by atoms with E-state index in [4.69, 9.17) is 5.73 Å². The normalized spacial score (nSPS) is 10.9. The maximum Gasteiger partial charge on any atom is 0.0773 e. The molecule has 0 unspecified atom stereocenters. The van der Waals surface area contributed by atoms with Crippen molar-refractivity contribution < 1.29 is 0 Å². The number of benzene rings is 1. The first-order valence-corrected chi connectivity index (χ1v) is 5.86. The highest BCUT2D eigenvalue weighted by atomic mass is 15.3. The van der Waals surface area contributed by atoms with Crippen LogP contribution in [0.5, 0.6) is 0 Å². The monoisotopic (exact) mass is 238 g/mol. The molecule has 0 atom stereocenters. The maximum atomic E-state index is 5.96. The molecule has 3 rings (SSSR count). The highest BCUT2D eigenvalue weighted by Gasteiger charge is 2.06. The van der Waals surface area contributed by atoms with E-state index in [1.165, 1.54) is 0 Å². The Morgan fingerprint density at radius 2 is 2.11 bits per heavy atom. The van der Waals surface area contributed by atoms with Crippen molar-refractivity contribution in [2.45, 2.75) is 13.5 Å². The van der Waals surface area contributed by atoms with Crippen LogP contribution in [0.4, 0.5) is 5.69 Å². The Morgan fingerprint density at radius 1 is 1.22 bits per heavy atom. The van der Waals surface area contributed by atoms with Gasteiger partial charge in [0.25, 0.3) is 0 Å². The first kappa shape index (κ1) is 10.8. The molecule has 2 aromatic heterocycles. The summed E-state index contributed by atoms with van der Waals surface area (Å²) in [5.74, 6) is 0. The standard InChI is InChI=1S/C14H14N4/c1-10-6-8-18(17-10)9-11-4-5-13(15)12-3-2-7-16-14(11)12/h2-8H,9,15H2,1H3. The largest absolute Gasteiger partial charge is 0.398 e. The van der Waals surface area contributed by atoms with Gasteiger partial charge in [0, 0.05) is 23.5 Å². The van der Waals surface area contributed by atoms with E-state index < -0.39 is 0 Å². The number of hydrogen-bond acceptors (Lipinski definition) is 3. The summed E-state index contributed by atoms with van der Waals surface area (Å²) < 4.78 is 1.91. The Morgan fingerprint density at radius 3 is 2.89 bits per heavy atom. The van der Waals surface area contributed by atoms with Crippen LogP contribution in [-0.2, 0) is 6.54 Å². The topological polar surface area (TPSA) is 56.7 Å². The molecule has 0 radical (unpaired) electrons. The van der Waals surface area contributed by atoms with Crippen LogP contribution in [0.3, 0.4) is 0 Å². The Labute approximate surface area is 105 Å². The van der Waals surface area contributed by atoms with E-state index in [0.29, 0.717) is 6.54 Å². The van der Waals surface area contributed by atoms with Gasteiger partial charge in [0.05, 0.1) is 17.8 Å². The van der Waals surface area contributed by atoms with Crippen molar-refractivity contribution in [3.8, 4) is 0 Å². The van der Waals surface area contributed by atoms with Crippen LogP contribution in [0.1, 0.15) is 11.3 Å². The number of fused-ring (bicyclic) bond motifs is 1. The number of anilines is 1. The van der Waals surface area contributed by atoms with Crippen molar-refractivity contribution >= 4 is 16.6 Å². The number of pyridine rings is 1. The second-order valence-electron chi connectivity index (χ2n) is 4.37. The predicted molar refractivity (Wildman–Crippen MR) is 72.2 cm³/mol. The number of nitrogens with zero attached hydrogens (tertiary/aromatic N) is 3. The summed E-state index contributed by atoms with van der Waals surface area (Å²) in [6.07, 6.45) is 3.76. The molecule has 0 aliphatic carbocycles. The Hall–Kier alpha value is -2.36. The zero-order chi connectivity index (χ0) is 12.5. The van der Waals surface area contributed by atoms with Gasteiger partial charge in [-0.15, -0.1) is 0 Å². The third-order valence-electron chi connectivity index (χ3n) is 2.99. The van der Waals surface area contributed by atoms with Crippen LogP contribution in [0.2, 0.25) is 0 Å². The minimum atomic E-state index is 0.710. The summed E-state index contributed by atoms with van der Waals surface area (Å²) in [6.45, 7) is 2.69. The minimum Gasteiger partial charge on any atom is -0.398 e. The molecule has 0 bridgehead atoms. The molecular formula is C14H14N4. The summed E-state index contributed by atoms with van der Waals surface area (Å²) in [7, 11) is 0. The van der Waals surface area contributed by atoms with Crippen LogP contribution in [0.15, 0.2) is 42.7 Å². The van der Waals surface area contributed by atoms with Gasteiger partial charge in [-0.3, -0.25) is 9.67 Å². The lowest BCUT2D eigenvalue weighted by Crippen LogP contribution is -2.02. The second kappa shape index (κ2) is 4.14. The fraction of sp³-hybridized carbons (Fsp3) is 0.143. The molecule has 3 aromatic rings. The van der Waals surface area contributed by atoms with Crippen molar-refractivity contribution in [1.82, 2.24) is 14.8 Å². The van der Waals surface area contributed by atoms with E-state index >= 15 is 0 Å². The average molecular weight is 238 g/mol. The van der Waals surface area contributed by atoms with E-state index in [2.05, 4.69) is 10.1 Å². The predicted octanol–water partition coefficient (Wildman–Crippen LogP) is 2.37. The van der Waals surface area contributed by atoms with Gasteiger partial charge in [0.15, 0.2) is 0 Å². The molecule has 18 heavy (non-hydrogen) atoms. The first-order chi connectivity index (χ1) is 8.74. The molecule has 4 nitrogen and oxygen atoms in total. The Kier molecular flexibility index (Phi) is 2.48. The van der Waals surface area contributed by atoms with Gasteiger partial charge < -0.3 is 5.73 Å². The minimum absolute atomic E-state index is 0.710. The lowest BCUT2D eigenvalue weighted by Gasteiger charge is -2.08. The zero-order valence-corrected chi connectivity index (χ0v) is 10.2. The van der Waals surface area contributed by atoms with Crippen molar-refractivity contribution in [3.63, 3.8) is 0 Å². The van der Waals surface area contributed by atoms with Gasteiger partial charge in [0.2, 0.25) is 0 Å². The van der Waals surface area contributed by atoms with Gasteiger partial charge in [0.1, 0.15) is 0 Å². The zero-order valence-electron chi connectivity index (χ0n) is 10.2. The van der Waals surface area contributed by atoms with Crippen LogP contribution in [-0.4, -0.2) is 14.8 Å². The van der Waals surface area contributed by atoms with Gasteiger partial charge in [-0.1, -0.05) is 6.07 Å². The van der Waals surface area contributed by atoms with Gasteiger partial charge in [-0.25, -0.2) is 0 Å². The Bertz CT molecular complexity index is 700. The second-order valence-corrected chi connectivity index (χ2v) is 4.37. The molecule has 4 heteroatoms. The van der Waals surface area contributed by atoms with Gasteiger partial charge >= 0.3 is 0 Å². The van der Waals surface area contributed by atoms with E-state index in [-0.39, 0.29) is 0 Å². The fourth-order valence-electron chi connectivity index (χ4n) is 2.11. The molecule has 0 saturated heterocycles. The summed E-state index contributed by atoms with van der Waals surface area (Å²) >= 11 is 0. The fourth-order valence-corrected chi connectivity index (χ4v) is 2.11. The molecule has 2 N–H and O–H groups in total. The highest BCUT2D eigenvalue weighted by molar-refractivity contribution is 5.92. The molecular weight excluding hydrogens is 224 g/mol. The molecule has 2 heterocycles. The van der Waals surface area contributed by atoms with Crippen molar-refractivity contribution in [2.75, 3.05) is 5.73 Å². The third kappa shape index (κ3) is 1.82. The molecule has 90 valence electrons. The van der Waals surface area contributed by atoms with Crippen molar-refractivity contribution in [2.24, 2.45) is 0 Å². The molecule has 0 fully saturated rings. The third-order valence-corrected chi connectivity index (χ3v) is 2.99. The molecule has 0 saturated carbocycles. The smallest absolute Gasteiger partial charge is 0.0773 e. The summed E-state index contributed by atoms with van der Waals surface area (Å²) in [4.78, 5) is 4.42. The summed E-state index contributed by atoms with van der Waals surface area (Å²) in [5, 5.41) is 5.39. The molecule has 0 amide bonds. The van der Waals surface area contributed by atoms with Crippen LogP contribution < -0.4 is 5.73 Å². The van der Waals surface area contributed by atoms with E-state index in [1.54, 1.807) is 6.20 Å². The number of nitrogens with two attached hydrogens (primary N) is 1. The number of hydrogen-bond donors (Lipinski definition) is 1. The molecule has 0 aliphatic rings. The lowest BCUT2D eigenvalue weighted by molar-refractivity contribution is 0.682. The number of aromatic nitrogens is 3. The van der Waals surface area contributed by atoms with E-state index in [9.17, 15) is 0 Å².